The van der Waals surface area contributed by atoms with Gasteiger partial charge in [0.05, 0.1) is 20.3 Å². The summed E-state index contributed by atoms with van der Waals surface area (Å²) >= 11 is 1.53. The Morgan fingerprint density at radius 3 is 2.92 bits per heavy atom. The molecule has 2 N–H and O–H groups in total. The van der Waals surface area contributed by atoms with Crippen LogP contribution in [0.3, 0.4) is 0 Å². The van der Waals surface area contributed by atoms with E-state index >= 15 is 0 Å². The fourth-order valence-electron chi connectivity index (χ4n) is 0.948. The van der Waals surface area contributed by atoms with Crippen LogP contribution in [0.2, 0.25) is 0 Å². The molecule has 2 unspecified atom stereocenters. The van der Waals surface area contributed by atoms with Gasteiger partial charge in [0.2, 0.25) is 0 Å². The molecule has 0 saturated heterocycles. The van der Waals surface area contributed by atoms with E-state index in [9.17, 15) is 4.21 Å². The monoisotopic (exact) mass is 203 g/mol. The van der Waals surface area contributed by atoms with Crippen molar-refractivity contribution in [1.29, 1.82) is 0 Å². The molecular weight excluding hydrogens is 190 g/mol. The van der Waals surface area contributed by atoms with E-state index in [-0.39, 0.29) is 5.25 Å². The van der Waals surface area contributed by atoms with Gasteiger partial charge in [-0.05, 0) is 17.9 Å². The minimum atomic E-state index is -0.897. The maximum Gasteiger partial charge on any atom is 0.0913 e. The lowest BCUT2D eigenvalue weighted by Crippen LogP contribution is -2.24. The maximum atomic E-state index is 11.7. The molecule has 0 spiro atoms. The van der Waals surface area contributed by atoms with Gasteiger partial charge in [-0.15, -0.1) is 11.3 Å². The van der Waals surface area contributed by atoms with Crippen molar-refractivity contribution in [3.63, 3.8) is 0 Å². The van der Waals surface area contributed by atoms with Crippen molar-refractivity contribution in [2.45, 2.75) is 22.8 Å². The second kappa shape index (κ2) is 4.74. The molecule has 1 aromatic heterocycles. The van der Waals surface area contributed by atoms with E-state index in [1.54, 1.807) is 0 Å². The molecule has 2 atom stereocenters. The average molecular weight is 203 g/mol. The molecule has 0 amide bonds. The standard InChI is InChI=1S/C8H13NOS2/c1-2-7(6-9)12(10)8-4-3-5-11-8/h3-5,7H,2,6,9H2,1H3. The topological polar surface area (TPSA) is 43.1 Å². The normalized spacial score (nSPS) is 15.8. The highest BCUT2D eigenvalue weighted by Gasteiger charge is 2.14. The van der Waals surface area contributed by atoms with Crippen LogP contribution in [0.25, 0.3) is 0 Å². The van der Waals surface area contributed by atoms with Gasteiger partial charge in [0.15, 0.2) is 0 Å². The van der Waals surface area contributed by atoms with Crippen LogP contribution in [0.5, 0.6) is 0 Å². The summed E-state index contributed by atoms with van der Waals surface area (Å²) in [6.45, 7) is 2.52. The molecule has 0 radical (unpaired) electrons. The molecule has 0 aliphatic heterocycles. The summed E-state index contributed by atoms with van der Waals surface area (Å²) < 4.78 is 12.6. The third-order valence-electron chi connectivity index (χ3n) is 1.71. The van der Waals surface area contributed by atoms with Gasteiger partial charge >= 0.3 is 0 Å². The van der Waals surface area contributed by atoms with Crippen molar-refractivity contribution in [1.82, 2.24) is 0 Å². The lowest BCUT2D eigenvalue weighted by Gasteiger charge is -2.09. The smallest absolute Gasteiger partial charge is 0.0913 e. The predicted octanol–water partition coefficient (Wildman–Crippen LogP) is 1.59. The van der Waals surface area contributed by atoms with E-state index < -0.39 is 10.8 Å². The van der Waals surface area contributed by atoms with Gasteiger partial charge in [-0.1, -0.05) is 13.0 Å². The van der Waals surface area contributed by atoms with Crippen LogP contribution in [0.1, 0.15) is 13.3 Å². The summed E-state index contributed by atoms with van der Waals surface area (Å²) in [7, 11) is -0.897. The lowest BCUT2D eigenvalue weighted by molar-refractivity contribution is 0.665. The number of nitrogens with two attached hydrogens (primary N) is 1. The molecule has 0 aliphatic carbocycles. The van der Waals surface area contributed by atoms with Gasteiger partial charge in [0.25, 0.3) is 0 Å². The SMILES string of the molecule is CCC(CN)S(=O)c1cccs1. The van der Waals surface area contributed by atoms with Crippen molar-refractivity contribution in [3.8, 4) is 0 Å². The zero-order valence-electron chi connectivity index (χ0n) is 7.03. The first kappa shape index (κ1) is 9.89. The van der Waals surface area contributed by atoms with Crippen molar-refractivity contribution >= 4 is 22.1 Å². The highest BCUT2D eigenvalue weighted by atomic mass is 32.2. The molecular formula is C8H13NOS2. The molecule has 0 fully saturated rings. The van der Waals surface area contributed by atoms with Crippen LogP contribution >= 0.6 is 11.3 Å². The van der Waals surface area contributed by atoms with Crippen molar-refractivity contribution in [3.05, 3.63) is 17.5 Å². The summed E-state index contributed by atoms with van der Waals surface area (Å²) in [6.07, 6.45) is 0.876. The van der Waals surface area contributed by atoms with Gasteiger partial charge in [-0.25, -0.2) is 0 Å². The van der Waals surface area contributed by atoms with Gasteiger partial charge in [-0.3, -0.25) is 4.21 Å². The zero-order valence-corrected chi connectivity index (χ0v) is 8.66. The Morgan fingerprint density at radius 1 is 1.75 bits per heavy atom. The van der Waals surface area contributed by atoms with E-state index in [1.165, 1.54) is 11.3 Å². The molecule has 1 rings (SSSR count). The Balaban J connectivity index is 2.70. The zero-order chi connectivity index (χ0) is 8.97. The fourth-order valence-corrected chi connectivity index (χ4v) is 3.37. The van der Waals surface area contributed by atoms with E-state index in [0.29, 0.717) is 6.54 Å². The average Bonchev–Trinajstić information content (AvgIpc) is 2.58. The Bertz CT molecular complexity index is 242. The molecule has 4 heteroatoms. The first-order chi connectivity index (χ1) is 5.79. The summed E-state index contributed by atoms with van der Waals surface area (Å²) in [4.78, 5) is 0. The van der Waals surface area contributed by atoms with E-state index in [2.05, 4.69) is 0 Å². The van der Waals surface area contributed by atoms with E-state index in [0.717, 1.165) is 10.6 Å². The van der Waals surface area contributed by atoms with Crippen LogP contribution in [0.4, 0.5) is 0 Å². The Labute approximate surface area is 79.2 Å². The molecule has 0 bridgehead atoms. The van der Waals surface area contributed by atoms with Gasteiger partial charge in [-0.2, -0.15) is 0 Å². The van der Waals surface area contributed by atoms with Crippen molar-refractivity contribution < 1.29 is 4.21 Å². The molecule has 1 aromatic rings. The van der Waals surface area contributed by atoms with Crippen LogP contribution in [-0.4, -0.2) is 16.0 Å². The van der Waals surface area contributed by atoms with Crippen molar-refractivity contribution in [2.75, 3.05) is 6.54 Å². The van der Waals surface area contributed by atoms with Crippen LogP contribution < -0.4 is 5.73 Å². The van der Waals surface area contributed by atoms with Crippen LogP contribution in [-0.2, 0) is 10.8 Å². The molecule has 68 valence electrons. The number of hydrogen-bond donors (Lipinski definition) is 1. The Hall–Kier alpha value is -0.190. The highest BCUT2D eigenvalue weighted by molar-refractivity contribution is 7.87. The van der Waals surface area contributed by atoms with Gasteiger partial charge in [0, 0.05) is 6.54 Å². The summed E-state index contributed by atoms with van der Waals surface area (Å²) in [6, 6.07) is 3.82. The van der Waals surface area contributed by atoms with Crippen molar-refractivity contribution in [2.24, 2.45) is 5.73 Å². The first-order valence-electron chi connectivity index (χ1n) is 3.93. The minimum Gasteiger partial charge on any atom is -0.329 e. The number of thiophene rings is 1. The minimum absolute atomic E-state index is 0.114. The van der Waals surface area contributed by atoms with E-state index in [1.807, 2.05) is 24.4 Å². The number of rotatable bonds is 4. The lowest BCUT2D eigenvalue weighted by atomic mass is 10.3. The molecule has 0 aliphatic rings. The third kappa shape index (κ3) is 2.15. The Kier molecular flexibility index (Phi) is 3.91. The summed E-state index contributed by atoms with van der Waals surface area (Å²) in [5, 5.41) is 2.06. The number of hydrogen-bond acceptors (Lipinski definition) is 3. The second-order valence-corrected chi connectivity index (χ2v) is 5.40. The molecule has 2 nitrogen and oxygen atoms in total. The fraction of sp³-hybridized carbons (Fsp3) is 0.500. The largest absolute Gasteiger partial charge is 0.329 e. The predicted molar refractivity (Wildman–Crippen MR) is 53.9 cm³/mol. The second-order valence-electron chi connectivity index (χ2n) is 2.50. The molecule has 12 heavy (non-hydrogen) atoms. The highest BCUT2D eigenvalue weighted by Crippen LogP contribution is 2.18. The first-order valence-corrected chi connectivity index (χ1v) is 6.03. The third-order valence-corrected chi connectivity index (χ3v) is 4.82. The maximum absolute atomic E-state index is 11.7. The quantitative estimate of drug-likeness (QED) is 0.807. The van der Waals surface area contributed by atoms with Gasteiger partial charge in [0.1, 0.15) is 0 Å². The Morgan fingerprint density at radius 2 is 2.50 bits per heavy atom. The van der Waals surface area contributed by atoms with Crippen LogP contribution in [0, 0.1) is 0 Å². The van der Waals surface area contributed by atoms with Gasteiger partial charge < -0.3 is 5.73 Å². The van der Waals surface area contributed by atoms with Crippen LogP contribution in [0.15, 0.2) is 21.7 Å². The van der Waals surface area contributed by atoms with E-state index in [4.69, 9.17) is 5.73 Å². The summed E-state index contributed by atoms with van der Waals surface area (Å²) in [5.74, 6) is 0. The molecule has 1 heterocycles. The summed E-state index contributed by atoms with van der Waals surface area (Å²) in [5.41, 5.74) is 5.50. The molecule has 0 saturated carbocycles. The molecule has 0 aromatic carbocycles.